The molecular formula is C60H47N. The van der Waals surface area contributed by atoms with Gasteiger partial charge in [0.2, 0.25) is 0 Å². The van der Waals surface area contributed by atoms with Crippen LogP contribution in [0.4, 0.5) is 17.1 Å². The minimum absolute atomic E-state index is 0.130. The van der Waals surface area contributed by atoms with Crippen LogP contribution in [-0.4, -0.2) is 0 Å². The Hall–Kier alpha value is -7.22. The molecule has 0 aliphatic heterocycles. The molecule has 1 nitrogen and oxygen atoms in total. The average molecular weight is 782 g/mol. The fourth-order valence-electron chi connectivity index (χ4n) is 10.2. The van der Waals surface area contributed by atoms with Gasteiger partial charge in [0.15, 0.2) is 0 Å². The van der Waals surface area contributed by atoms with Crippen LogP contribution >= 0.6 is 0 Å². The summed E-state index contributed by atoms with van der Waals surface area (Å²) < 4.78 is 0. The van der Waals surface area contributed by atoms with E-state index in [1.54, 1.807) is 0 Å². The first-order valence-electron chi connectivity index (χ1n) is 21.5. The second-order valence-electron chi connectivity index (χ2n) is 17.8. The third-order valence-corrected chi connectivity index (χ3v) is 13.5. The molecule has 0 saturated heterocycles. The van der Waals surface area contributed by atoms with Crippen LogP contribution in [0, 0.1) is 0 Å². The van der Waals surface area contributed by atoms with Crippen LogP contribution in [0.3, 0.4) is 0 Å². The lowest BCUT2D eigenvalue weighted by molar-refractivity contribution is 0.660. The Morgan fingerprint density at radius 1 is 0.246 bits per heavy atom. The summed E-state index contributed by atoms with van der Waals surface area (Å²) in [5.74, 6) is 0. The van der Waals surface area contributed by atoms with Gasteiger partial charge in [0.1, 0.15) is 0 Å². The highest BCUT2D eigenvalue weighted by atomic mass is 15.1. The van der Waals surface area contributed by atoms with Gasteiger partial charge < -0.3 is 4.90 Å². The SMILES string of the molecule is CC1(C)c2ccccc2-c2ccc(N(c3ccc(-c4cccc(-c5ccccc5)c4)c(-c4ccc(-c5ccccc5)cc4)c3)c3ccc4c(c3)C(C)(C)c3ccccc3-4)cc21. The Morgan fingerprint density at radius 2 is 0.639 bits per heavy atom. The van der Waals surface area contributed by atoms with E-state index in [0.717, 1.165) is 17.1 Å². The van der Waals surface area contributed by atoms with Gasteiger partial charge in [0.25, 0.3) is 0 Å². The molecule has 0 unspecified atom stereocenters. The molecule has 9 aromatic rings. The molecule has 9 aromatic carbocycles. The van der Waals surface area contributed by atoms with Crippen molar-refractivity contribution in [2.45, 2.75) is 38.5 Å². The first kappa shape index (κ1) is 36.8. The van der Waals surface area contributed by atoms with E-state index in [4.69, 9.17) is 0 Å². The summed E-state index contributed by atoms with van der Waals surface area (Å²) in [6.45, 7) is 9.49. The summed E-state index contributed by atoms with van der Waals surface area (Å²) in [5.41, 5.74) is 23.5. The molecule has 0 bridgehead atoms. The molecule has 0 aromatic heterocycles. The number of hydrogen-bond acceptors (Lipinski definition) is 1. The van der Waals surface area contributed by atoms with E-state index in [-0.39, 0.29) is 10.8 Å². The Labute approximate surface area is 360 Å². The summed E-state index contributed by atoms with van der Waals surface area (Å²) in [5, 5.41) is 0. The van der Waals surface area contributed by atoms with Crippen LogP contribution in [0.15, 0.2) is 212 Å². The minimum atomic E-state index is -0.130. The van der Waals surface area contributed by atoms with Crippen LogP contribution in [0.5, 0.6) is 0 Å². The second kappa shape index (κ2) is 14.2. The summed E-state index contributed by atoms with van der Waals surface area (Å²) in [7, 11) is 0. The van der Waals surface area contributed by atoms with Crippen molar-refractivity contribution in [3.8, 4) is 66.8 Å². The molecule has 0 saturated carbocycles. The molecule has 2 aliphatic rings. The summed E-state index contributed by atoms with van der Waals surface area (Å²) in [4.78, 5) is 2.49. The minimum Gasteiger partial charge on any atom is -0.310 e. The van der Waals surface area contributed by atoms with E-state index < -0.39 is 0 Å². The van der Waals surface area contributed by atoms with Gasteiger partial charge in [0.05, 0.1) is 0 Å². The molecule has 11 rings (SSSR count). The summed E-state index contributed by atoms with van der Waals surface area (Å²) in [6.07, 6.45) is 0. The van der Waals surface area contributed by atoms with Crippen molar-refractivity contribution in [2.75, 3.05) is 4.90 Å². The topological polar surface area (TPSA) is 3.24 Å². The number of rotatable bonds is 7. The monoisotopic (exact) mass is 781 g/mol. The van der Waals surface area contributed by atoms with Crippen molar-refractivity contribution in [3.05, 3.63) is 235 Å². The van der Waals surface area contributed by atoms with E-state index in [0.29, 0.717) is 0 Å². The zero-order chi connectivity index (χ0) is 41.3. The van der Waals surface area contributed by atoms with Crippen molar-refractivity contribution in [3.63, 3.8) is 0 Å². The maximum absolute atomic E-state index is 2.49. The van der Waals surface area contributed by atoms with Crippen molar-refractivity contribution < 1.29 is 0 Å². The van der Waals surface area contributed by atoms with Gasteiger partial charge in [-0.15, -0.1) is 0 Å². The van der Waals surface area contributed by atoms with Gasteiger partial charge in [-0.3, -0.25) is 0 Å². The maximum Gasteiger partial charge on any atom is 0.0468 e. The molecule has 61 heavy (non-hydrogen) atoms. The largest absolute Gasteiger partial charge is 0.310 e. The van der Waals surface area contributed by atoms with Crippen LogP contribution in [0.25, 0.3) is 66.8 Å². The quantitative estimate of drug-likeness (QED) is 0.156. The highest BCUT2D eigenvalue weighted by molar-refractivity contribution is 5.93. The highest BCUT2D eigenvalue weighted by Crippen LogP contribution is 2.53. The molecule has 0 spiro atoms. The normalized spacial score (nSPS) is 13.8. The maximum atomic E-state index is 2.49. The Bertz CT molecular complexity index is 3010. The second-order valence-corrected chi connectivity index (χ2v) is 17.8. The smallest absolute Gasteiger partial charge is 0.0468 e. The zero-order valence-electron chi connectivity index (χ0n) is 35.2. The lowest BCUT2D eigenvalue weighted by Crippen LogP contribution is -2.18. The standard InChI is InChI=1S/C60H47N/c1-59(2)55-24-13-11-22-50(55)52-34-31-47(38-57(52)59)61(48-32-35-53-51-23-12-14-25-56(51)60(3,4)58(53)39-48)46-30-33-49(45-21-15-20-44(36-45)41-18-9-6-10-19-41)54(37-46)43-28-26-42(27-29-43)40-16-7-5-8-17-40/h5-39H,1-4H3. The lowest BCUT2D eigenvalue weighted by Gasteiger charge is -2.30. The van der Waals surface area contributed by atoms with Crippen LogP contribution in [0.2, 0.25) is 0 Å². The highest BCUT2D eigenvalue weighted by Gasteiger charge is 2.37. The molecule has 1 heteroatoms. The molecule has 0 N–H and O–H groups in total. The first-order valence-corrected chi connectivity index (χ1v) is 21.5. The third-order valence-electron chi connectivity index (χ3n) is 13.5. The van der Waals surface area contributed by atoms with Gasteiger partial charge in [-0.1, -0.05) is 198 Å². The van der Waals surface area contributed by atoms with E-state index >= 15 is 0 Å². The molecular weight excluding hydrogens is 735 g/mol. The Kier molecular flexibility index (Phi) is 8.58. The van der Waals surface area contributed by atoms with E-state index in [9.17, 15) is 0 Å². The van der Waals surface area contributed by atoms with Crippen LogP contribution < -0.4 is 4.90 Å². The first-order chi connectivity index (χ1) is 29.8. The number of nitrogens with zero attached hydrogens (tertiary/aromatic N) is 1. The molecule has 2 aliphatic carbocycles. The van der Waals surface area contributed by atoms with Gasteiger partial charge in [-0.2, -0.15) is 0 Å². The predicted octanol–water partition coefficient (Wildman–Crippen LogP) is 16.4. The van der Waals surface area contributed by atoms with Crippen LogP contribution in [-0.2, 0) is 10.8 Å². The van der Waals surface area contributed by atoms with E-state index in [1.807, 2.05) is 0 Å². The van der Waals surface area contributed by atoms with E-state index in [2.05, 4.69) is 245 Å². The van der Waals surface area contributed by atoms with Crippen molar-refractivity contribution in [1.82, 2.24) is 0 Å². The number of fused-ring (bicyclic) bond motifs is 6. The summed E-state index contributed by atoms with van der Waals surface area (Å²) >= 11 is 0. The predicted molar refractivity (Wildman–Crippen MR) is 258 cm³/mol. The number of benzene rings is 9. The van der Waals surface area contributed by atoms with Gasteiger partial charge >= 0.3 is 0 Å². The van der Waals surface area contributed by atoms with E-state index in [1.165, 1.54) is 89.0 Å². The summed E-state index contributed by atoms with van der Waals surface area (Å²) in [6, 6.07) is 78.6. The molecule has 0 amide bonds. The molecule has 292 valence electrons. The molecule has 0 heterocycles. The lowest BCUT2D eigenvalue weighted by atomic mass is 9.82. The van der Waals surface area contributed by atoms with Gasteiger partial charge in [0, 0.05) is 27.9 Å². The molecule has 0 fully saturated rings. The molecule has 0 radical (unpaired) electrons. The number of anilines is 3. The third kappa shape index (κ3) is 6.07. The fourth-order valence-corrected chi connectivity index (χ4v) is 10.2. The fraction of sp³-hybridized carbons (Fsp3) is 0.100. The van der Waals surface area contributed by atoms with Crippen molar-refractivity contribution in [1.29, 1.82) is 0 Å². The van der Waals surface area contributed by atoms with Crippen LogP contribution in [0.1, 0.15) is 49.9 Å². The van der Waals surface area contributed by atoms with Crippen molar-refractivity contribution >= 4 is 17.1 Å². The molecule has 0 atom stereocenters. The van der Waals surface area contributed by atoms with Gasteiger partial charge in [-0.25, -0.2) is 0 Å². The number of hydrogen-bond donors (Lipinski definition) is 0. The van der Waals surface area contributed by atoms with Gasteiger partial charge in [-0.05, 0) is 131 Å². The van der Waals surface area contributed by atoms with Crippen molar-refractivity contribution in [2.24, 2.45) is 0 Å². The zero-order valence-corrected chi connectivity index (χ0v) is 35.2. The Morgan fingerprint density at radius 3 is 1.20 bits per heavy atom. The Balaban J connectivity index is 1.12. The average Bonchev–Trinajstić information content (AvgIpc) is 3.68.